The van der Waals surface area contributed by atoms with E-state index in [0.717, 1.165) is 44.1 Å². The van der Waals surface area contributed by atoms with Crippen molar-refractivity contribution in [3.63, 3.8) is 0 Å². The van der Waals surface area contributed by atoms with E-state index >= 15 is 0 Å². The monoisotopic (exact) mass is 1010 g/mol. The van der Waals surface area contributed by atoms with Crippen molar-refractivity contribution in [2.75, 3.05) is 26.4 Å². The van der Waals surface area contributed by atoms with Crippen LogP contribution in [0.1, 0.15) is 99.3 Å². The molecule has 4 saturated heterocycles. The molecule has 0 amide bonds. The van der Waals surface area contributed by atoms with E-state index in [4.69, 9.17) is 37.9 Å². The highest BCUT2D eigenvalue weighted by atomic mass is 16.8. The molecule has 26 unspecified atom stereocenters. The summed E-state index contributed by atoms with van der Waals surface area (Å²) < 4.78 is 47.4. The van der Waals surface area contributed by atoms with E-state index in [2.05, 4.69) is 54.2 Å². The van der Waals surface area contributed by atoms with Crippen molar-refractivity contribution in [1.29, 1.82) is 0 Å². The standard InChI is InChI=1S/C51H80O20/c1-22-10-15-51(46(62)63)17-16-49(6)24(32(51)23(22)2)8-9-30-48(5)13-12-31(47(3,4)29(48)11-14-50(30,49)7)69-45-38(60)35(57)41(71-44-37(59)34(56)26(53)19-66-44)28(68-45)21-67-42-39(61)40(27(54)20-64-42)70-43-36(58)33(55)25(52)18-65-43/h8,23,25-45,52-61H,1,9-21H2,2-7H3,(H,62,63). The van der Waals surface area contributed by atoms with Gasteiger partial charge < -0.3 is 94.1 Å². The lowest BCUT2D eigenvalue weighted by Crippen LogP contribution is -2.66. The highest BCUT2D eigenvalue weighted by molar-refractivity contribution is 5.77. The second kappa shape index (κ2) is 19.7. The number of aliphatic carboxylic acids is 1. The highest BCUT2D eigenvalue weighted by Crippen LogP contribution is 2.76. The molecule has 71 heavy (non-hydrogen) atoms. The molecule has 5 aliphatic carbocycles. The Morgan fingerprint density at radius 1 is 0.662 bits per heavy atom. The third-order valence-electron chi connectivity index (χ3n) is 20.2. The summed E-state index contributed by atoms with van der Waals surface area (Å²) in [7, 11) is 0. The molecule has 4 saturated carbocycles. The molecule has 0 aromatic rings. The number of carbonyl (C=O) groups is 1. The first-order valence-electron chi connectivity index (χ1n) is 25.8. The normalized spacial score (nSPS) is 54.1. The second-order valence-corrected chi connectivity index (χ2v) is 24.0. The molecular formula is C51H80O20. The van der Waals surface area contributed by atoms with Crippen LogP contribution in [0, 0.1) is 50.7 Å². The van der Waals surface area contributed by atoms with Crippen molar-refractivity contribution >= 4 is 5.97 Å². The fourth-order valence-corrected chi connectivity index (χ4v) is 15.7. The van der Waals surface area contributed by atoms with Crippen molar-refractivity contribution in [1.82, 2.24) is 0 Å². The van der Waals surface area contributed by atoms with Crippen LogP contribution in [0.5, 0.6) is 0 Å². The number of hydrogen-bond acceptors (Lipinski definition) is 19. The minimum Gasteiger partial charge on any atom is -0.481 e. The van der Waals surface area contributed by atoms with Crippen molar-refractivity contribution in [3.8, 4) is 0 Å². The molecule has 9 aliphatic rings. The number of hydrogen-bond donors (Lipinski definition) is 11. The molecule has 0 radical (unpaired) electrons. The van der Waals surface area contributed by atoms with E-state index in [-0.39, 0.29) is 34.0 Å². The third kappa shape index (κ3) is 8.72. The van der Waals surface area contributed by atoms with Crippen LogP contribution in [0.2, 0.25) is 0 Å². The largest absolute Gasteiger partial charge is 0.481 e. The van der Waals surface area contributed by atoms with Crippen molar-refractivity contribution < 1.29 is 98.9 Å². The number of carboxylic acids is 1. The Bertz CT molecular complexity index is 1990. The van der Waals surface area contributed by atoms with Crippen molar-refractivity contribution in [3.05, 3.63) is 23.8 Å². The molecule has 8 fully saturated rings. The fraction of sp³-hybridized carbons (Fsp3) is 0.902. The Kier molecular flexibility index (Phi) is 15.0. The molecule has 11 N–H and O–H groups in total. The predicted molar refractivity (Wildman–Crippen MR) is 245 cm³/mol. The molecule has 404 valence electrons. The van der Waals surface area contributed by atoms with E-state index in [0.29, 0.717) is 25.2 Å². The van der Waals surface area contributed by atoms with E-state index in [1.165, 1.54) is 5.57 Å². The minimum absolute atomic E-state index is 0.0710. The van der Waals surface area contributed by atoms with Gasteiger partial charge in [-0.3, -0.25) is 4.79 Å². The van der Waals surface area contributed by atoms with Crippen LogP contribution < -0.4 is 0 Å². The first kappa shape index (κ1) is 54.0. The van der Waals surface area contributed by atoms with Crippen LogP contribution in [0.15, 0.2) is 23.8 Å². The van der Waals surface area contributed by atoms with Crippen LogP contribution in [0.25, 0.3) is 0 Å². The number of aliphatic hydroxyl groups excluding tert-OH is 10. The molecule has 20 heteroatoms. The first-order chi connectivity index (χ1) is 33.3. The predicted octanol–water partition coefficient (Wildman–Crippen LogP) is 0.224. The molecule has 0 aromatic heterocycles. The van der Waals surface area contributed by atoms with E-state index < -0.39 is 154 Å². The zero-order valence-electron chi connectivity index (χ0n) is 41.8. The maximum atomic E-state index is 13.2. The van der Waals surface area contributed by atoms with Gasteiger partial charge in [0.15, 0.2) is 25.2 Å². The van der Waals surface area contributed by atoms with Gasteiger partial charge in [0, 0.05) is 5.92 Å². The molecule has 26 atom stereocenters. The van der Waals surface area contributed by atoms with Gasteiger partial charge in [-0.15, -0.1) is 0 Å². The second-order valence-electron chi connectivity index (χ2n) is 24.0. The van der Waals surface area contributed by atoms with E-state index in [1.807, 2.05) is 0 Å². The summed E-state index contributed by atoms with van der Waals surface area (Å²) in [6.07, 6.45) is -17.9. The Labute approximate surface area is 414 Å². The van der Waals surface area contributed by atoms with E-state index in [9.17, 15) is 61.0 Å². The number of fused-ring (bicyclic) bond motifs is 7. The van der Waals surface area contributed by atoms with Gasteiger partial charge in [0.05, 0.1) is 37.9 Å². The van der Waals surface area contributed by atoms with Gasteiger partial charge in [-0.05, 0) is 97.2 Å². The first-order valence-corrected chi connectivity index (χ1v) is 25.8. The van der Waals surface area contributed by atoms with Gasteiger partial charge in [-0.2, -0.15) is 0 Å². The average Bonchev–Trinajstić information content (AvgIpc) is 3.32. The third-order valence-corrected chi connectivity index (χ3v) is 20.2. The number of carboxylic acid groups (broad SMARTS) is 1. The summed E-state index contributed by atoms with van der Waals surface area (Å²) >= 11 is 0. The summed E-state index contributed by atoms with van der Waals surface area (Å²) in [5.41, 5.74) is 0.726. The Hall–Kier alpha value is -1.77. The zero-order chi connectivity index (χ0) is 51.5. The van der Waals surface area contributed by atoms with Gasteiger partial charge in [-0.1, -0.05) is 65.3 Å². The summed E-state index contributed by atoms with van der Waals surface area (Å²) in [5, 5.41) is 118. The summed E-state index contributed by atoms with van der Waals surface area (Å²) in [4.78, 5) is 13.2. The molecule has 0 spiro atoms. The van der Waals surface area contributed by atoms with Gasteiger partial charge in [0.1, 0.15) is 79.4 Å². The van der Waals surface area contributed by atoms with Crippen LogP contribution in [0.3, 0.4) is 0 Å². The maximum absolute atomic E-state index is 13.2. The summed E-state index contributed by atoms with van der Waals surface area (Å²) in [5.74, 6) is -0.260. The van der Waals surface area contributed by atoms with Crippen molar-refractivity contribution in [2.45, 2.75) is 210 Å². The smallest absolute Gasteiger partial charge is 0.310 e. The van der Waals surface area contributed by atoms with Gasteiger partial charge in [0.2, 0.25) is 0 Å². The number of allylic oxidation sites excluding steroid dienone is 3. The molecule has 4 aliphatic heterocycles. The van der Waals surface area contributed by atoms with Gasteiger partial charge >= 0.3 is 5.97 Å². The summed E-state index contributed by atoms with van der Waals surface area (Å²) in [6.45, 7) is 16.4. The molecule has 9 rings (SSSR count). The number of rotatable bonds is 10. The fourth-order valence-electron chi connectivity index (χ4n) is 15.7. The minimum atomic E-state index is -1.77. The lowest BCUT2D eigenvalue weighted by molar-refractivity contribution is -0.370. The topological polar surface area (TPSA) is 313 Å². The average molecular weight is 1010 g/mol. The lowest BCUT2D eigenvalue weighted by atomic mass is 9.33. The van der Waals surface area contributed by atoms with E-state index in [1.54, 1.807) is 0 Å². The Balaban J connectivity index is 0.928. The van der Waals surface area contributed by atoms with Gasteiger partial charge in [-0.25, -0.2) is 0 Å². The highest BCUT2D eigenvalue weighted by Gasteiger charge is 2.70. The molecule has 20 nitrogen and oxygen atoms in total. The molecular weight excluding hydrogens is 933 g/mol. The lowest BCUT2D eigenvalue weighted by Gasteiger charge is -2.71. The molecule has 0 aromatic carbocycles. The molecule has 0 bridgehead atoms. The Morgan fingerprint density at radius 3 is 1.89 bits per heavy atom. The van der Waals surface area contributed by atoms with Crippen LogP contribution in [-0.4, -0.2) is 199 Å². The van der Waals surface area contributed by atoms with Gasteiger partial charge in [0.25, 0.3) is 0 Å². The molecule has 4 heterocycles. The number of aliphatic hydroxyl groups is 10. The Morgan fingerprint density at radius 2 is 1.25 bits per heavy atom. The zero-order valence-corrected chi connectivity index (χ0v) is 41.8. The van der Waals surface area contributed by atoms with Crippen molar-refractivity contribution in [2.24, 2.45) is 50.7 Å². The van der Waals surface area contributed by atoms with Crippen LogP contribution in [0.4, 0.5) is 0 Å². The number of ether oxygens (including phenoxy) is 8. The quantitative estimate of drug-likeness (QED) is 0.103. The van der Waals surface area contributed by atoms with Crippen LogP contribution in [-0.2, 0) is 42.7 Å². The summed E-state index contributed by atoms with van der Waals surface area (Å²) in [6, 6.07) is 0. The van der Waals surface area contributed by atoms with Crippen LogP contribution >= 0.6 is 0 Å². The maximum Gasteiger partial charge on any atom is 0.310 e. The SMILES string of the molecule is C=C1CCC2(C(=O)O)CCC3(C)C(=CCC4C5(C)CCC(OC6OC(COC7OCC(O)C(OC8OCC(O)C(O)C8O)C7O)C(OC7OCC(O)C(O)C7O)C(O)C6O)C(C)(C)C5CCC43C)C2C1C.